The van der Waals surface area contributed by atoms with E-state index in [2.05, 4.69) is 6.92 Å². The highest BCUT2D eigenvalue weighted by Gasteiger charge is 2.00. The van der Waals surface area contributed by atoms with Gasteiger partial charge in [-0.05, 0) is 35.2 Å². The van der Waals surface area contributed by atoms with Crippen LogP contribution in [-0.2, 0) is 0 Å². The maximum atomic E-state index is 12.3. The van der Waals surface area contributed by atoms with E-state index in [4.69, 9.17) is 4.74 Å². The first-order valence-electron chi connectivity index (χ1n) is 10.0. The molecule has 0 radical (unpaired) electrons. The van der Waals surface area contributed by atoms with Crippen LogP contribution in [-0.4, -0.2) is 6.61 Å². The topological polar surface area (TPSA) is 9.23 Å². The van der Waals surface area contributed by atoms with Crippen LogP contribution in [0.25, 0.3) is 17.2 Å². The van der Waals surface area contributed by atoms with Crippen LogP contribution in [0.2, 0.25) is 0 Å². The van der Waals surface area contributed by atoms with Crippen molar-refractivity contribution in [3.05, 3.63) is 60.2 Å². The summed E-state index contributed by atoms with van der Waals surface area (Å²) in [5.74, 6) is 0.876. The Labute approximate surface area is 162 Å². The lowest BCUT2D eigenvalue weighted by atomic mass is 10.0. The minimum Gasteiger partial charge on any atom is -0.494 e. The Bertz CT molecular complexity index is 671. The molecule has 0 atom stereocenters. The van der Waals surface area contributed by atoms with E-state index < -0.39 is 6.08 Å². The number of unbranched alkanes of at least 4 members (excludes halogenated alkanes) is 7. The number of hydrogen-bond acceptors (Lipinski definition) is 1. The zero-order valence-electron chi connectivity index (χ0n) is 16.2. The van der Waals surface area contributed by atoms with Gasteiger partial charge in [-0.1, -0.05) is 88.3 Å². The predicted octanol–water partition coefficient (Wildman–Crippen LogP) is 8.11. The van der Waals surface area contributed by atoms with Gasteiger partial charge in [0.1, 0.15) is 5.75 Å². The maximum absolute atomic E-state index is 12.3. The smallest absolute Gasteiger partial charge is 0.270 e. The molecule has 0 N–H and O–H groups in total. The highest BCUT2D eigenvalue weighted by molar-refractivity contribution is 5.66. The van der Waals surface area contributed by atoms with Crippen LogP contribution in [0.15, 0.2) is 54.6 Å². The molecule has 0 amide bonds. The molecule has 0 bridgehead atoms. The molecule has 0 heterocycles. The molecule has 2 aromatic carbocycles. The van der Waals surface area contributed by atoms with Crippen LogP contribution in [0, 0.1) is 0 Å². The first kappa shape index (κ1) is 21.1. The Morgan fingerprint density at radius 2 is 1.26 bits per heavy atom. The highest BCUT2D eigenvalue weighted by atomic mass is 19.3. The Morgan fingerprint density at radius 3 is 1.81 bits per heavy atom. The average Bonchev–Trinajstić information content (AvgIpc) is 2.67. The molecule has 0 aromatic heterocycles. The van der Waals surface area contributed by atoms with Gasteiger partial charge in [-0.25, -0.2) is 0 Å². The maximum Gasteiger partial charge on any atom is 0.270 e. The Balaban J connectivity index is 1.70. The Morgan fingerprint density at radius 1 is 0.741 bits per heavy atom. The van der Waals surface area contributed by atoms with Crippen LogP contribution in [0.1, 0.15) is 63.9 Å². The van der Waals surface area contributed by atoms with Crippen molar-refractivity contribution < 1.29 is 13.5 Å². The summed E-state index contributed by atoms with van der Waals surface area (Å²) >= 11 is 0. The fourth-order valence-corrected chi connectivity index (χ4v) is 3.07. The van der Waals surface area contributed by atoms with Crippen LogP contribution < -0.4 is 4.74 Å². The standard InChI is InChI=1S/C24H30F2O/c1-2-3-4-5-6-7-8-9-18-27-23-16-14-22(15-17-23)21-12-10-20(11-13-21)19-24(25)26/h10-17,19H,2-9,18H2,1H3. The first-order chi connectivity index (χ1) is 13.2. The van der Waals surface area contributed by atoms with Crippen molar-refractivity contribution in [2.45, 2.75) is 58.3 Å². The van der Waals surface area contributed by atoms with Gasteiger partial charge in [-0.3, -0.25) is 0 Å². The van der Waals surface area contributed by atoms with E-state index in [1.807, 2.05) is 36.4 Å². The lowest BCUT2D eigenvalue weighted by Crippen LogP contribution is -1.97. The van der Waals surface area contributed by atoms with E-state index in [1.54, 1.807) is 12.1 Å². The number of halogens is 2. The van der Waals surface area contributed by atoms with E-state index in [-0.39, 0.29) is 0 Å². The van der Waals surface area contributed by atoms with Crippen molar-refractivity contribution >= 4 is 6.08 Å². The van der Waals surface area contributed by atoms with Gasteiger partial charge in [0.2, 0.25) is 0 Å². The second-order valence-electron chi connectivity index (χ2n) is 6.90. The van der Waals surface area contributed by atoms with E-state index >= 15 is 0 Å². The lowest BCUT2D eigenvalue weighted by Gasteiger charge is -2.08. The van der Waals surface area contributed by atoms with E-state index in [0.29, 0.717) is 5.56 Å². The summed E-state index contributed by atoms with van der Waals surface area (Å²) < 4.78 is 30.4. The van der Waals surface area contributed by atoms with Gasteiger partial charge >= 0.3 is 0 Å². The molecule has 0 spiro atoms. The third-order valence-electron chi connectivity index (χ3n) is 4.64. The molecule has 0 aliphatic carbocycles. The summed E-state index contributed by atoms with van der Waals surface area (Å²) in [6.45, 7) is 3.00. The molecule has 3 heteroatoms. The highest BCUT2D eigenvalue weighted by Crippen LogP contribution is 2.24. The monoisotopic (exact) mass is 372 g/mol. The van der Waals surface area contributed by atoms with Crippen molar-refractivity contribution in [1.82, 2.24) is 0 Å². The van der Waals surface area contributed by atoms with Crippen molar-refractivity contribution in [2.24, 2.45) is 0 Å². The Kier molecular flexibility index (Phi) is 9.61. The van der Waals surface area contributed by atoms with Crippen molar-refractivity contribution in [3.8, 4) is 16.9 Å². The van der Waals surface area contributed by atoms with E-state index in [1.165, 1.54) is 44.9 Å². The number of rotatable bonds is 12. The SMILES string of the molecule is CCCCCCCCCCOc1ccc(-c2ccc(C=C(F)F)cc2)cc1. The molecular weight excluding hydrogens is 342 g/mol. The third-order valence-corrected chi connectivity index (χ3v) is 4.64. The van der Waals surface area contributed by atoms with Crippen molar-refractivity contribution in [2.75, 3.05) is 6.61 Å². The minimum absolute atomic E-state index is 0.504. The molecule has 27 heavy (non-hydrogen) atoms. The number of hydrogen-bond donors (Lipinski definition) is 0. The molecule has 2 aromatic rings. The van der Waals surface area contributed by atoms with Gasteiger partial charge < -0.3 is 4.74 Å². The summed E-state index contributed by atoms with van der Waals surface area (Å²) in [7, 11) is 0. The molecule has 2 rings (SSSR count). The van der Waals surface area contributed by atoms with E-state index in [0.717, 1.165) is 36.0 Å². The van der Waals surface area contributed by atoms with Crippen LogP contribution in [0.4, 0.5) is 8.78 Å². The second kappa shape index (κ2) is 12.3. The minimum atomic E-state index is -1.68. The van der Waals surface area contributed by atoms with Gasteiger partial charge in [0.15, 0.2) is 0 Å². The fraction of sp³-hybridized carbons (Fsp3) is 0.417. The molecule has 1 nitrogen and oxygen atoms in total. The van der Waals surface area contributed by atoms with Crippen molar-refractivity contribution in [3.63, 3.8) is 0 Å². The van der Waals surface area contributed by atoms with Crippen LogP contribution in [0.3, 0.4) is 0 Å². The van der Waals surface area contributed by atoms with Gasteiger partial charge in [0.05, 0.1) is 6.61 Å². The van der Waals surface area contributed by atoms with E-state index in [9.17, 15) is 8.78 Å². The summed E-state index contributed by atoms with van der Waals surface area (Å²) in [5.41, 5.74) is 2.55. The molecule has 0 saturated heterocycles. The Hall–Kier alpha value is -2.16. The average molecular weight is 372 g/mol. The quantitative estimate of drug-likeness (QED) is 0.342. The first-order valence-corrected chi connectivity index (χ1v) is 10.0. The van der Waals surface area contributed by atoms with Gasteiger partial charge in [-0.2, -0.15) is 8.78 Å². The van der Waals surface area contributed by atoms with Gasteiger partial charge in [0.25, 0.3) is 6.08 Å². The summed E-state index contributed by atoms with van der Waals surface area (Å²) in [6, 6.07) is 15.0. The molecule has 0 fully saturated rings. The van der Waals surface area contributed by atoms with Crippen LogP contribution >= 0.6 is 0 Å². The molecule has 0 unspecified atom stereocenters. The zero-order chi connectivity index (χ0) is 19.3. The molecule has 0 aliphatic rings. The van der Waals surface area contributed by atoms with Crippen LogP contribution in [0.5, 0.6) is 5.75 Å². The second-order valence-corrected chi connectivity index (χ2v) is 6.90. The molecular formula is C24H30F2O. The lowest BCUT2D eigenvalue weighted by molar-refractivity contribution is 0.304. The van der Waals surface area contributed by atoms with Gasteiger partial charge in [-0.15, -0.1) is 0 Å². The molecule has 146 valence electrons. The predicted molar refractivity (Wildman–Crippen MR) is 110 cm³/mol. The number of benzene rings is 2. The summed E-state index contributed by atoms with van der Waals surface area (Å²) in [4.78, 5) is 0. The summed E-state index contributed by atoms with van der Waals surface area (Å²) in [6.07, 6.45) is 9.52. The van der Waals surface area contributed by atoms with Gasteiger partial charge in [0, 0.05) is 6.08 Å². The summed E-state index contributed by atoms with van der Waals surface area (Å²) in [5, 5.41) is 0. The largest absolute Gasteiger partial charge is 0.494 e. The zero-order valence-corrected chi connectivity index (χ0v) is 16.2. The number of ether oxygens (including phenoxy) is 1. The van der Waals surface area contributed by atoms with Crippen molar-refractivity contribution in [1.29, 1.82) is 0 Å². The molecule has 0 saturated carbocycles. The third kappa shape index (κ3) is 8.38. The fourth-order valence-electron chi connectivity index (χ4n) is 3.07. The normalized spacial score (nSPS) is 10.6. The molecule has 0 aliphatic heterocycles.